The molecule has 0 saturated heterocycles. The first-order valence-electron chi connectivity index (χ1n) is 10.6. The predicted octanol–water partition coefficient (Wildman–Crippen LogP) is 8.44. The molecule has 1 aliphatic rings. The third kappa shape index (κ3) is 4.79. The van der Waals surface area contributed by atoms with Gasteiger partial charge in [0.1, 0.15) is 5.75 Å². The smallest absolute Gasteiger partial charge is 0.426 e. The SMILES string of the molecule is CC1CCC(c2ccc(-c3ccc(OC(F)(F)c4cc(F)c(F)c(F)c4)cc3)cc2)CC1.[HH]. The lowest BCUT2D eigenvalue weighted by Gasteiger charge is -2.26. The summed E-state index contributed by atoms with van der Waals surface area (Å²) in [6.07, 6.45) is 0.854. The van der Waals surface area contributed by atoms with Crippen LogP contribution in [0.1, 0.15) is 51.1 Å². The van der Waals surface area contributed by atoms with Crippen molar-refractivity contribution in [2.75, 3.05) is 0 Å². The largest absolute Gasteiger partial charge is 0.429 e. The maximum Gasteiger partial charge on any atom is 0.426 e. The van der Waals surface area contributed by atoms with Crippen molar-refractivity contribution < 1.29 is 28.1 Å². The van der Waals surface area contributed by atoms with Crippen molar-refractivity contribution in [2.24, 2.45) is 5.92 Å². The molecule has 3 aromatic carbocycles. The van der Waals surface area contributed by atoms with Crippen molar-refractivity contribution in [3.63, 3.8) is 0 Å². The van der Waals surface area contributed by atoms with E-state index in [1.807, 2.05) is 12.1 Å². The van der Waals surface area contributed by atoms with Crippen molar-refractivity contribution in [2.45, 2.75) is 44.6 Å². The standard InChI is InChI=1S/C26H23F5O.H2/c1-16-2-4-17(5-3-16)18-6-8-19(9-7-18)20-10-12-22(13-11-20)32-26(30,31)21-14-23(27)25(29)24(28)15-21;/h6-17H,2-5H2,1H3;1H. The minimum atomic E-state index is -4.03. The maximum atomic E-state index is 14.3. The Morgan fingerprint density at radius 3 is 1.81 bits per heavy atom. The van der Waals surface area contributed by atoms with Gasteiger partial charge in [-0.25, -0.2) is 13.2 Å². The molecule has 6 heteroatoms. The number of hydrogen-bond acceptors (Lipinski definition) is 1. The van der Waals surface area contributed by atoms with Crippen LogP contribution in [0, 0.1) is 23.4 Å². The molecule has 0 spiro atoms. The second-order valence-electron chi connectivity index (χ2n) is 8.48. The number of halogens is 5. The highest BCUT2D eigenvalue weighted by molar-refractivity contribution is 5.64. The molecule has 1 fully saturated rings. The summed E-state index contributed by atoms with van der Waals surface area (Å²) in [4.78, 5) is 0. The minimum absolute atomic E-state index is 0. The molecule has 0 aliphatic heterocycles. The molecule has 0 aromatic heterocycles. The van der Waals surface area contributed by atoms with Crippen LogP contribution < -0.4 is 4.74 Å². The predicted molar refractivity (Wildman–Crippen MR) is 115 cm³/mol. The zero-order valence-corrected chi connectivity index (χ0v) is 17.6. The number of rotatable bonds is 5. The van der Waals surface area contributed by atoms with Crippen molar-refractivity contribution in [1.29, 1.82) is 0 Å². The lowest BCUT2D eigenvalue weighted by atomic mass is 9.79. The molecule has 0 N–H and O–H groups in total. The van der Waals surface area contributed by atoms with Gasteiger partial charge in [0.15, 0.2) is 17.5 Å². The highest BCUT2D eigenvalue weighted by Gasteiger charge is 2.36. The van der Waals surface area contributed by atoms with E-state index < -0.39 is 29.1 Å². The Bertz CT molecular complexity index is 1050. The van der Waals surface area contributed by atoms with Gasteiger partial charge in [0.25, 0.3) is 0 Å². The first kappa shape index (κ1) is 22.3. The highest BCUT2D eigenvalue weighted by atomic mass is 19.3. The topological polar surface area (TPSA) is 9.23 Å². The van der Waals surface area contributed by atoms with Crippen LogP contribution in [0.25, 0.3) is 11.1 Å². The van der Waals surface area contributed by atoms with E-state index in [-0.39, 0.29) is 19.3 Å². The zero-order chi connectivity index (χ0) is 22.9. The number of ether oxygens (including phenoxy) is 1. The van der Waals surface area contributed by atoms with E-state index in [0.717, 1.165) is 17.0 Å². The molecular weight excluding hydrogens is 423 g/mol. The van der Waals surface area contributed by atoms with E-state index in [2.05, 4.69) is 23.8 Å². The van der Waals surface area contributed by atoms with Gasteiger partial charge in [-0.15, -0.1) is 0 Å². The molecule has 1 saturated carbocycles. The van der Waals surface area contributed by atoms with Gasteiger partial charge in [-0.3, -0.25) is 0 Å². The molecule has 0 atom stereocenters. The summed E-state index contributed by atoms with van der Waals surface area (Å²) in [6, 6.07) is 14.7. The first-order valence-corrected chi connectivity index (χ1v) is 10.6. The zero-order valence-electron chi connectivity index (χ0n) is 17.6. The van der Waals surface area contributed by atoms with Crippen LogP contribution in [-0.4, -0.2) is 0 Å². The fourth-order valence-corrected chi connectivity index (χ4v) is 4.19. The second-order valence-corrected chi connectivity index (χ2v) is 8.48. The molecule has 0 bridgehead atoms. The van der Waals surface area contributed by atoms with E-state index in [4.69, 9.17) is 0 Å². The van der Waals surface area contributed by atoms with Gasteiger partial charge in [-0.2, -0.15) is 8.78 Å². The molecule has 170 valence electrons. The van der Waals surface area contributed by atoms with Gasteiger partial charge in [-0.1, -0.05) is 56.2 Å². The van der Waals surface area contributed by atoms with Gasteiger partial charge in [0, 0.05) is 1.43 Å². The summed E-state index contributed by atoms with van der Waals surface area (Å²) < 4.78 is 73.0. The Labute approximate surface area is 185 Å². The Morgan fingerprint density at radius 2 is 1.28 bits per heavy atom. The fourth-order valence-electron chi connectivity index (χ4n) is 4.19. The molecule has 32 heavy (non-hydrogen) atoms. The van der Waals surface area contributed by atoms with Gasteiger partial charge in [0.05, 0.1) is 5.56 Å². The minimum Gasteiger partial charge on any atom is -0.429 e. The first-order chi connectivity index (χ1) is 15.2. The molecule has 1 nitrogen and oxygen atoms in total. The quantitative estimate of drug-likeness (QED) is 0.281. The normalized spacial score (nSPS) is 19.1. The van der Waals surface area contributed by atoms with Gasteiger partial charge >= 0.3 is 6.11 Å². The molecule has 0 unspecified atom stereocenters. The van der Waals surface area contributed by atoms with Gasteiger partial charge < -0.3 is 4.74 Å². The van der Waals surface area contributed by atoms with Crippen LogP contribution >= 0.6 is 0 Å². The van der Waals surface area contributed by atoms with E-state index in [1.54, 1.807) is 12.1 Å². The number of benzene rings is 3. The van der Waals surface area contributed by atoms with Crippen LogP contribution in [0.15, 0.2) is 60.7 Å². The molecule has 1 aliphatic carbocycles. The average molecular weight is 448 g/mol. The Hall–Kier alpha value is -2.89. The van der Waals surface area contributed by atoms with Crippen LogP contribution in [0.3, 0.4) is 0 Å². The molecule has 0 amide bonds. The lowest BCUT2D eigenvalue weighted by molar-refractivity contribution is -0.185. The van der Waals surface area contributed by atoms with Crippen molar-refractivity contribution in [3.05, 3.63) is 89.2 Å². The summed E-state index contributed by atoms with van der Waals surface area (Å²) in [5.41, 5.74) is 1.98. The summed E-state index contributed by atoms with van der Waals surface area (Å²) in [5.74, 6) is -4.02. The van der Waals surface area contributed by atoms with Crippen molar-refractivity contribution >= 4 is 0 Å². The van der Waals surface area contributed by atoms with Crippen LogP contribution in [-0.2, 0) is 6.11 Å². The van der Waals surface area contributed by atoms with E-state index in [9.17, 15) is 22.0 Å². The van der Waals surface area contributed by atoms with E-state index >= 15 is 0 Å². The summed E-state index contributed by atoms with van der Waals surface area (Å²) in [6.45, 7) is 2.29. The Balaban J connectivity index is 0.00000306. The van der Waals surface area contributed by atoms with Crippen LogP contribution in [0.5, 0.6) is 5.75 Å². The van der Waals surface area contributed by atoms with Gasteiger partial charge in [0.2, 0.25) is 0 Å². The van der Waals surface area contributed by atoms with Gasteiger partial charge in [-0.05, 0) is 65.6 Å². The summed E-state index contributed by atoms with van der Waals surface area (Å²) >= 11 is 0. The molecule has 3 aromatic rings. The van der Waals surface area contributed by atoms with Crippen LogP contribution in [0.2, 0.25) is 0 Å². The lowest BCUT2D eigenvalue weighted by Crippen LogP contribution is -2.22. The van der Waals surface area contributed by atoms with Crippen molar-refractivity contribution in [1.82, 2.24) is 0 Å². The molecule has 0 radical (unpaired) electrons. The molecule has 0 heterocycles. The number of hydrogen-bond donors (Lipinski definition) is 0. The Morgan fingerprint density at radius 1 is 0.781 bits per heavy atom. The maximum absolute atomic E-state index is 14.3. The third-order valence-corrected chi connectivity index (χ3v) is 6.15. The average Bonchev–Trinajstić information content (AvgIpc) is 2.78. The summed E-state index contributed by atoms with van der Waals surface area (Å²) in [5, 5.41) is 0. The molecule has 4 rings (SSSR count). The highest BCUT2D eigenvalue weighted by Crippen LogP contribution is 2.37. The second kappa shape index (κ2) is 8.93. The third-order valence-electron chi connectivity index (χ3n) is 6.15. The summed E-state index contributed by atoms with van der Waals surface area (Å²) in [7, 11) is 0. The van der Waals surface area contributed by atoms with Crippen molar-refractivity contribution in [3.8, 4) is 16.9 Å². The van der Waals surface area contributed by atoms with Crippen LogP contribution in [0.4, 0.5) is 22.0 Å². The fraction of sp³-hybridized carbons (Fsp3) is 0.308. The number of alkyl halides is 2. The van der Waals surface area contributed by atoms with E-state index in [0.29, 0.717) is 5.92 Å². The monoisotopic (exact) mass is 448 g/mol. The Kier molecular flexibility index (Phi) is 6.22. The molecular formula is C26H25F5O. The van der Waals surface area contributed by atoms with E-state index in [1.165, 1.54) is 43.4 Å².